The molecule has 1 aliphatic rings. The first-order chi connectivity index (χ1) is 3.93. The zero-order valence-corrected chi connectivity index (χ0v) is 8.61. The number of hydrogen-bond acceptors (Lipinski definition) is 0. The van der Waals surface area contributed by atoms with E-state index in [9.17, 15) is 0 Å². The molecule has 46 valence electrons. The van der Waals surface area contributed by atoms with Gasteiger partial charge in [-0.1, -0.05) is 0 Å². The number of rotatable bonds is 1. The second-order valence-electron chi connectivity index (χ2n) is 1.99. The molecule has 1 rings (SSSR count). The van der Waals surface area contributed by atoms with Crippen molar-refractivity contribution in [3.8, 4) is 0 Å². The van der Waals surface area contributed by atoms with Crippen LogP contribution in [0, 0.1) is 0 Å². The second-order valence-corrected chi connectivity index (χ2v) is 6.10. The van der Waals surface area contributed by atoms with Gasteiger partial charge in [0.25, 0.3) is 0 Å². The minimum atomic E-state index is 0.109. The summed E-state index contributed by atoms with van der Waals surface area (Å²) in [6.07, 6.45) is 7.99. The van der Waals surface area contributed by atoms with E-state index in [0.29, 0.717) is 0 Å². The van der Waals surface area contributed by atoms with Crippen LogP contribution in [0.3, 0.4) is 0 Å². The molecule has 0 aromatic rings. The van der Waals surface area contributed by atoms with Gasteiger partial charge in [0, 0.05) is 0 Å². The van der Waals surface area contributed by atoms with Crippen molar-refractivity contribution in [3.63, 3.8) is 0 Å². The third-order valence-electron chi connectivity index (χ3n) is 1.35. The number of allylic oxidation sites excluding steroid dienone is 2. The molecule has 0 N–H and O–H groups in total. The van der Waals surface area contributed by atoms with E-state index in [1.54, 1.807) is 3.62 Å². The molecule has 0 atom stereocenters. The summed E-state index contributed by atoms with van der Waals surface area (Å²) in [6.45, 7) is 0. The molecule has 0 amide bonds. The van der Waals surface area contributed by atoms with E-state index in [1.165, 1.54) is 25.7 Å². The van der Waals surface area contributed by atoms with Gasteiger partial charge in [-0.05, 0) is 0 Å². The zero-order chi connectivity index (χ0) is 5.82. The summed E-state index contributed by atoms with van der Waals surface area (Å²) >= 11 is 3.68. The Balaban J connectivity index is 2.37. The minimum absolute atomic E-state index is 0.109. The molecule has 0 heterocycles. The van der Waals surface area contributed by atoms with Crippen LogP contribution in [0.1, 0.15) is 25.7 Å². The molecule has 0 saturated heterocycles. The second kappa shape index (κ2) is 3.93. The van der Waals surface area contributed by atoms with Gasteiger partial charge in [-0.25, -0.2) is 0 Å². The van der Waals surface area contributed by atoms with E-state index in [4.69, 9.17) is 0 Å². The molecule has 1 aliphatic carbocycles. The van der Waals surface area contributed by atoms with Crippen LogP contribution in [-0.4, -0.2) is 18.7 Å². The first kappa shape index (κ1) is 7.12. The van der Waals surface area contributed by atoms with Crippen LogP contribution >= 0.6 is 12.8 Å². The Labute approximate surface area is 66.6 Å². The Kier molecular flexibility index (Phi) is 3.50. The van der Waals surface area contributed by atoms with E-state index in [-0.39, 0.29) is 18.7 Å². The quantitative estimate of drug-likeness (QED) is 0.650. The normalized spacial score (nSPS) is 20.4. The fourth-order valence-corrected chi connectivity index (χ4v) is 4.00. The molecule has 0 aromatic heterocycles. The van der Waals surface area contributed by atoms with Gasteiger partial charge >= 0.3 is 66.9 Å². The fraction of sp³-hybridized carbons (Fsp3) is 0.667. The first-order valence-corrected chi connectivity index (χ1v) is 9.30. The molecule has 0 unspecified atom stereocenters. The Morgan fingerprint density at radius 3 is 2.75 bits per heavy atom. The molecule has 0 spiro atoms. The van der Waals surface area contributed by atoms with Crippen LogP contribution in [0.25, 0.3) is 0 Å². The third kappa shape index (κ3) is 2.09. The average Bonchev–Trinajstić information content (AvgIpc) is 1.90. The van der Waals surface area contributed by atoms with Crippen molar-refractivity contribution < 1.29 is 0 Å². The topological polar surface area (TPSA) is 0 Å². The van der Waals surface area contributed by atoms with Crippen molar-refractivity contribution in [1.29, 1.82) is 0 Å². The van der Waals surface area contributed by atoms with Crippen molar-refractivity contribution >= 4 is 31.5 Å². The average molecular weight is 289 g/mol. The van der Waals surface area contributed by atoms with Gasteiger partial charge in [0.2, 0.25) is 0 Å². The van der Waals surface area contributed by atoms with Gasteiger partial charge in [-0.15, -0.1) is 0 Å². The first-order valence-electron chi connectivity index (χ1n) is 2.91. The van der Waals surface area contributed by atoms with Crippen LogP contribution in [0.15, 0.2) is 9.70 Å². The maximum atomic E-state index is 3.57. The van der Waals surface area contributed by atoms with Gasteiger partial charge in [-0.2, -0.15) is 0 Å². The van der Waals surface area contributed by atoms with Crippen LogP contribution in [0.5, 0.6) is 0 Å². The van der Waals surface area contributed by atoms with Crippen LogP contribution < -0.4 is 0 Å². The standard InChI is InChI=1S/C6H9BrTe/c7-8-6-4-2-1-3-5-6/h4H,1-3,5H2. The van der Waals surface area contributed by atoms with E-state index in [0.717, 1.165) is 0 Å². The Morgan fingerprint density at radius 2 is 2.38 bits per heavy atom. The van der Waals surface area contributed by atoms with Gasteiger partial charge in [-0.3, -0.25) is 0 Å². The zero-order valence-electron chi connectivity index (χ0n) is 4.69. The SMILES string of the molecule is Br[Te]C1=CCCCC1. The number of hydrogen-bond donors (Lipinski definition) is 0. The van der Waals surface area contributed by atoms with E-state index in [2.05, 4.69) is 18.8 Å². The molecule has 0 aliphatic heterocycles. The van der Waals surface area contributed by atoms with Crippen molar-refractivity contribution in [3.05, 3.63) is 9.70 Å². The molecule has 0 radical (unpaired) electrons. The third-order valence-corrected chi connectivity index (χ3v) is 5.76. The fourth-order valence-electron chi connectivity index (χ4n) is 0.879. The Hall–Kier alpha value is 1.01. The molecule has 0 aromatic carbocycles. The molecular weight excluding hydrogens is 280 g/mol. The summed E-state index contributed by atoms with van der Waals surface area (Å²) in [4.78, 5) is 0. The van der Waals surface area contributed by atoms with Crippen LogP contribution in [-0.2, 0) is 0 Å². The molecular formula is C6H9BrTe. The van der Waals surface area contributed by atoms with Crippen molar-refractivity contribution in [1.82, 2.24) is 0 Å². The molecule has 8 heavy (non-hydrogen) atoms. The van der Waals surface area contributed by atoms with E-state index < -0.39 is 0 Å². The number of halogens is 1. The summed E-state index contributed by atoms with van der Waals surface area (Å²) in [5, 5.41) is 0. The van der Waals surface area contributed by atoms with Crippen molar-refractivity contribution in [2.24, 2.45) is 0 Å². The summed E-state index contributed by atoms with van der Waals surface area (Å²) in [5.41, 5.74) is 0. The van der Waals surface area contributed by atoms with Crippen LogP contribution in [0.4, 0.5) is 0 Å². The Bertz CT molecular complexity index is 98.7. The molecule has 0 nitrogen and oxygen atoms in total. The summed E-state index contributed by atoms with van der Waals surface area (Å²) in [7, 11) is 0. The maximum absolute atomic E-state index is 3.57. The molecule has 0 fully saturated rings. The predicted molar refractivity (Wildman–Crippen MR) is 41.2 cm³/mol. The van der Waals surface area contributed by atoms with E-state index in [1.807, 2.05) is 0 Å². The van der Waals surface area contributed by atoms with Crippen molar-refractivity contribution in [2.75, 3.05) is 0 Å². The summed E-state index contributed by atoms with van der Waals surface area (Å²) in [5.74, 6) is 0. The van der Waals surface area contributed by atoms with Crippen molar-refractivity contribution in [2.45, 2.75) is 25.7 Å². The van der Waals surface area contributed by atoms with E-state index >= 15 is 0 Å². The monoisotopic (exact) mass is 290 g/mol. The molecule has 0 bridgehead atoms. The predicted octanol–water partition coefficient (Wildman–Crippen LogP) is 2.46. The van der Waals surface area contributed by atoms with Gasteiger partial charge in [0.1, 0.15) is 0 Å². The van der Waals surface area contributed by atoms with Crippen LogP contribution in [0.2, 0.25) is 0 Å². The summed E-state index contributed by atoms with van der Waals surface area (Å²) in [6, 6.07) is 0. The molecule has 2 heteroatoms. The summed E-state index contributed by atoms with van der Waals surface area (Å²) < 4.78 is 1.72. The van der Waals surface area contributed by atoms with Gasteiger partial charge in [0.15, 0.2) is 0 Å². The molecule has 0 saturated carbocycles. The Morgan fingerprint density at radius 1 is 1.50 bits per heavy atom. The van der Waals surface area contributed by atoms with Gasteiger partial charge in [0.05, 0.1) is 0 Å². The van der Waals surface area contributed by atoms with Gasteiger partial charge < -0.3 is 0 Å².